The van der Waals surface area contributed by atoms with E-state index in [2.05, 4.69) is 79.7 Å². The van der Waals surface area contributed by atoms with Crippen LogP contribution in [0.3, 0.4) is 0 Å². The van der Waals surface area contributed by atoms with Gasteiger partial charge in [-0.05, 0) is 73.3 Å². The van der Waals surface area contributed by atoms with Crippen molar-refractivity contribution in [1.82, 2.24) is 4.90 Å². The molecule has 2 N–H and O–H groups in total. The predicted octanol–water partition coefficient (Wildman–Crippen LogP) is 6.09. The van der Waals surface area contributed by atoms with E-state index >= 15 is 0 Å². The summed E-state index contributed by atoms with van der Waals surface area (Å²) in [7, 11) is 4.17. The molecule has 3 heteroatoms. The summed E-state index contributed by atoms with van der Waals surface area (Å²) in [6, 6.07) is 25.6. The average molecular weight is 393 g/mol. The molecule has 0 spiro atoms. The molecule has 0 radical (unpaired) electrons. The van der Waals surface area contributed by atoms with Crippen LogP contribution in [0.2, 0.25) is 5.02 Å². The van der Waals surface area contributed by atoms with Crippen molar-refractivity contribution in [1.29, 1.82) is 0 Å². The molecule has 0 aliphatic carbocycles. The number of halogens is 1. The number of hydrogen-bond acceptors (Lipinski definition) is 2. The van der Waals surface area contributed by atoms with E-state index in [0.717, 1.165) is 30.8 Å². The lowest BCUT2D eigenvalue weighted by atomic mass is 9.97. The molecule has 0 saturated heterocycles. The van der Waals surface area contributed by atoms with E-state index in [1.807, 2.05) is 12.1 Å². The molecule has 0 aliphatic heterocycles. The van der Waals surface area contributed by atoms with Gasteiger partial charge in [0.2, 0.25) is 0 Å². The first kappa shape index (κ1) is 20.6. The minimum atomic E-state index is 0.0988. The third-order valence-electron chi connectivity index (χ3n) is 5.02. The summed E-state index contributed by atoms with van der Waals surface area (Å²) >= 11 is 5.97. The van der Waals surface area contributed by atoms with Gasteiger partial charge in [-0.3, -0.25) is 0 Å². The molecule has 0 bridgehead atoms. The fourth-order valence-electron chi connectivity index (χ4n) is 3.43. The lowest BCUT2D eigenvalue weighted by molar-refractivity contribution is 0.402. The maximum absolute atomic E-state index is 6.40. The second-order valence-electron chi connectivity index (χ2n) is 7.68. The average Bonchev–Trinajstić information content (AvgIpc) is 2.69. The molecule has 0 aliphatic rings. The standard InChI is InChI=1S/C25H29ClN2/c1-28(2)18-20-8-12-23(13-9-20)25(27)5-3-4-19-6-10-21(11-7-19)22-14-16-24(26)17-15-22/h6-17,25H,3-5,18,27H2,1-2H3. The van der Waals surface area contributed by atoms with Crippen molar-refractivity contribution in [3.63, 3.8) is 0 Å². The van der Waals surface area contributed by atoms with Crippen LogP contribution in [0.5, 0.6) is 0 Å². The third kappa shape index (κ3) is 5.93. The minimum absolute atomic E-state index is 0.0988. The summed E-state index contributed by atoms with van der Waals surface area (Å²) in [5.41, 5.74) is 12.7. The highest BCUT2D eigenvalue weighted by atomic mass is 35.5. The van der Waals surface area contributed by atoms with E-state index in [9.17, 15) is 0 Å². The van der Waals surface area contributed by atoms with Crippen molar-refractivity contribution in [2.75, 3.05) is 14.1 Å². The molecule has 2 nitrogen and oxygen atoms in total. The topological polar surface area (TPSA) is 29.3 Å². The number of nitrogens with two attached hydrogens (primary N) is 1. The number of nitrogens with zero attached hydrogens (tertiary/aromatic N) is 1. The van der Waals surface area contributed by atoms with Gasteiger partial charge in [0.1, 0.15) is 0 Å². The lowest BCUT2D eigenvalue weighted by Crippen LogP contribution is -2.12. The van der Waals surface area contributed by atoms with Crippen LogP contribution in [0.15, 0.2) is 72.8 Å². The first-order valence-corrected chi connectivity index (χ1v) is 10.2. The highest BCUT2D eigenvalue weighted by Crippen LogP contribution is 2.23. The van der Waals surface area contributed by atoms with Gasteiger partial charge >= 0.3 is 0 Å². The van der Waals surface area contributed by atoms with Gasteiger partial charge in [0.05, 0.1) is 0 Å². The summed E-state index contributed by atoms with van der Waals surface area (Å²) in [5, 5.41) is 0.768. The molecule has 0 fully saturated rings. The Balaban J connectivity index is 1.49. The first-order valence-electron chi connectivity index (χ1n) is 9.85. The van der Waals surface area contributed by atoms with Gasteiger partial charge in [0, 0.05) is 17.6 Å². The number of hydrogen-bond donors (Lipinski definition) is 1. The molecule has 3 aromatic rings. The Morgan fingerprint density at radius 2 is 1.32 bits per heavy atom. The van der Waals surface area contributed by atoms with Crippen LogP contribution in [0.25, 0.3) is 11.1 Å². The van der Waals surface area contributed by atoms with Crippen LogP contribution in [0, 0.1) is 0 Å². The molecular formula is C25H29ClN2. The highest BCUT2D eigenvalue weighted by Gasteiger charge is 2.07. The van der Waals surface area contributed by atoms with E-state index in [-0.39, 0.29) is 6.04 Å². The van der Waals surface area contributed by atoms with Gasteiger partial charge in [-0.2, -0.15) is 0 Å². The molecule has 0 heterocycles. The quantitative estimate of drug-likeness (QED) is 0.502. The fraction of sp³-hybridized carbons (Fsp3) is 0.280. The van der Waals surface area contributed by atoms with Crippen molar-refractivity contribution in [3.05, 3.63) is 94.5 Å². The molecule has 0 saturated carbocycles. The second-order valence-corrected chi connectivity index (χ2v) is 8.12. The molecule has 1 atom stereocenters. The highest BCUT2D eigenvalue weighted by molar-refractivity contribution is 6.30. The van der Waals surface area contributed by atoms with E-state index in [0.29, 0.717) is 0 Å². The molecule has 0 amide bonds. The van der Waals surface area contributed by atoms with Gasteiger partial charge in [-0.15, -0.1) is 0 Å². The van der Waals surface area contributed by atoms with Crippen LogP contribution in [0.4, 0.5) is 0 Å². The van der Waals surface area contributed by atoms with Crippen LogP contribution >= 0.6 is 11.6 Å². The maximum Gasteiger partial charge on any atom is 0.0406 e. The van der Waals surface area contributed by atoms with E-state index in [1.165, 1.54) is 27.8 Å². The van der Waals surface area contributed by atoms with Gasteiger partial charge in [-0.25, -0.2) is 0 Å². The van der Waals surface area contributed by atoms with Crippen LogP contribution < -0.4 is 5.73 Å². The van der Waals surface area contributed by atoms with Crippen LogP contribution in [-0.2, 0) is 13.0 Å². The van der Waals surface area contributed by atoms with Crippen molar-refractivity contribution >= 4 is 11.6 Å². The summed E-state index contributed by atoms with van der Waals surface area (Å²) in [6.45, 7) is 0.960. The molecule has 146 valence electrons. The molecule has 3 aromatic carbocycles. The minimum Gasteiger partial charge on any atom is -0.324 e. The molecular weight excluding hydrogens is 364 g/mol. The van der Waals surface area contributed by atoms with E-state index in [4.69, 9.17) is 17.3 Å². The van der Waals surface area contributed by atoms with Crippen molar-refractivity contribution < 1.29 is 0 Å². The van der Waals surface area contributed by atoms with Crippen molar-refractivity contribution in [3.8, 4) is 11.1 Å². The number of rotatable bonds is 8. The Hall–Kier alpha value is -2.13. The Bertz CT molecular complexity index is 853. The van der Waals surface area contributed by atoms with E-state index < -0.39 is 0 Å². The third-order valence-corrected chi connectivity index (χ3v) is 5.27. The Labute approximate surface area is 174 Å². The number of aryl methyl sites for hydroxylation is 1. The summed E-state index contributed by atoms with van der Waals surface area (Å²) < 4.78 is 0. The Kier molecular flexibility index (Phi) is 7.27. The fourth-order valence-corrected chi connectivity index (χ4v) is 3.56. The monoisotopic (exact) mass is 392 g/mol. The molecule has 0 aromatic heterocycles. The van der Waals surface area contributed by atoms with Crippen molar-refractivity contribution in [2.24, 2.45) is 5.73 Å². The van der Waals surface area contributed by atoms with Gasteiger partial charge in [-0.1, -0.05) is 72.3 Å². The largest absolute Gasteiger partial charge is 0.324 e. The normalized spacial score (nSPS) is 12.3. The van der Waals surface area contributed by atoms with Gasteiger partial charge in [0.25, 0.3) is 0 Å². The summed E-state index contributed by atoms with van der Waals surface area (Å²) in [5.74, 6) is 0. The summed E-state index contributed by atoms with van der Waals surface area (Å²) in [6.07, 6.45) is 3.13. The van der Waals surface area contributed by atoms with Crippen LogP contribution in [-0.4, -0.2) is 19.0 Å². The lowest BCUT2D eigenvalue weighted by Gasteiger charge is -2.14. The summed E-state index contributed by atoms with van der Waals surface area (Å²) in [4.78, 5) is 2.17. The molecule has 28 heavy (non-hydrogen) atoms. The smallest absolute Gasteiger partial charge is 0.0406 e. The second kappa shape index (κ2) is 9.88. The zero-order valence-electron chi connectivity index (χ0n) is 16.7. The van der Waals surface area contributed by atoms with Crippen LogP contribution in [0.1, 0.15) is 35.6 Å². The van der Waals surface area contributed by atoms with E-state index in [1.54, 1.807) is 0 Å². The zero-order chi connectivity index (χ0) is 19.9. The Morgan fingerprint density at radius 1 is 0.786 bits per heavy atom. The van der Waals surface area contributed by atoms with Gasteiger partial charge in [0.15, 0.2) is 0 Å². The first-order chi connectivity index (χ1) is 13.5. The molecule has 3 rings (SSSR count). The predicted molar refractivity (Wildman–Crippen MR) is 121 cm³/mol. The maximum atomic E-state index is 6.40. The number of benzene rings is 3. The zero-order valence-corrected chi connectivity index (χ0v) is 17.5. The SMILES string of the molecule is CN(C)Cc1ccc(C(N)CCCc2ccc(-c3ccc(Cl)cc3)cc2)cc1. The molecule has 1 unspecified atom stereocenters. The Morgan fingerprint density at radius 3 is 1.89 bits per heavy atom. The van der Waals surface area contributed by atoms with Gasteiger partial charge < -0.3 is 10.6 Å². The van der Waals surface area contributed by atoms with Crippen molar-refractivity contribution in [2.45, 2.75) is 31.8 Å².